The van der Waals surface area contributed by atoms with E-state index in [1.54, 1.807) is 0 Å². The van der Waals surface area contributed by atoms with Gasteiger partial charge >= 0.3 is 0 Å². The van der Waals surface area contributed by atoms with Crippen LogP contribution in [0.5, 0.6) is 0 Å². The molecule has 1 aromatic carbocycles. The molecule has 1 atom stereocenters. The summed E-state index contributed by atoms with van der Waals surface area (Å²) in [5, 5.41) is 4.83. The second-order valence-electron chi connectivity index (χ2n) is 5.66. The van der Waals surface area contributed by atoms with Crippen molar-refractivity contribution < 1.29 is 0 Å². The number of benzene rings is 1. The van der Waals surface area contributed by atoms with Crippen LogP contribution in [0.25, 0.3) is 10.9 Å². The molecule has 0 saturated heterocycles. The summed E-state index contributed by atoms with van der Waals surface area (Å²) < 4.78 is 0. The van der Waals surface area contributed by atoms with Crippen molar-refractivity contribution in [3.63, 3.8) is 0 Å². The predicted molar refractivity (Wildman–Crippen MR) is 70.8 cm³/mol. The Morgan fingerprint density at radius 2 is 2.18 bits per heavy atom. The highest BCUT2D eigenvalue weighted by atomic mass is 15.0. The quantitative estimate of drug-likeness (QED) is 0.869. The van der Waals surface area contributed by atoms with Crippen molar-refractivity contribution in [2.75, 3.05) is 0 Å². The maximum Gasteiger partial charge on any atom is 0.0702 e. The minimum atomic E-state index is 0.498. The Kier molecular flexibility index (Phi) is 2.40. The molecule has 0 aliphatic heterocycles. The minimum absolute atomic E-state index is 0.498. The van der Waals surface area contributed by atoms with Crippen LogP contribution in [-0.2, 0) is 6.54 Å². The molecule has 3 rings (SSSR count). The van der Waals surface area contributed by atoms with Crippen LogP contribution in [0.3, 0.4) is 0 Å². The van der Waals surface area contributed by atoms with Crippen LogP contribution < -0.4 is 5.32 Å². The number of aromatic nitrogens is 1. The van der Waals surface area contributed by atoms with Gasteiger partial charge in [-0.1, -0.05) is 26.0 Å². The molecule has 1 aliphatic rings. The van der Waals surface area contributed by atoms with Gasteiger partial charge in [0.2, 0.25) is 0 Å². The number of pyridine rings is 1. The van der Waals surface area contributed by atoms with Crippen LogP contribution >= 0.6 is 0 Å². The van der Waals surface area contributed by atoms with Crippen LogP contribution in [0.2, 0.25) is 0 Å². The molecule has 2 nitrogen and oxygen atoms in total. The van der Waals surface area contributed by atoms with Gasteiger partial charge in [-0.05, 0) is 35.6 Å². The molecular weight excluding hydrogens is 208 g/mol. The normalized spacial score (nSPS) is 21.6. The van der Waals surface area contributed by atoms with Crippen LogP contribution in [-0.4, -0.2) is 11.0 Å². The molecule has 1 fully saturated rings. The number of fused-ring (bicyclic) bond motifs is 1. The van der Waals surface area contributed by atoms with Crippen molar-refractivity contribution in [2.45, 2.75) is 32.9 Å². The molecule has 2 heteroatoms. The molecule has 1 aromatic heterocycles. The Morgan fingerprint density at radius 1 is 1.35 bits per heavy atom. The first-order valence-electron chi connectivity index (χ1n) is 6.22. The zero-order valence-corrected chi connectivity index (χ0v) is 10.4. The first kappa shape index (κ1) is 10.7. The molecule has 1 heterocycles. The van der Waals surface area contributed by atoms with E-state index in [0.29, 0.717) is 11.5 Å². The van der Waals surface area contributed by atoms with E-state index in [4.69, 9.17) is 0 Å². The van der Waals surface area contributed by atoms with Crippen LogP contribution in [0.15, 0.2) is 36.5 Å². The van der Waals surface area contributed by atoms with Gasteiger partial charge < -0.3 is 5.32 Å². The van der Waals surface area contributed by atoms with Crippen LogP contribution in [0.4, 0.5) is 0 Å². The zero-order chi connectivity index (χ0) is 11.9. The largest absolute Gasteiger partial charge is 0.309 e. The SMILES string of the molecule is CC1(C)CC1NCc1ccc2ncccc2c1. The summed E-state index contributed by atoms with van der Waals surface area (Å²) in [5.74, 6) is 0. The molecule has 1 saturated carbocycles. The fraction of sp³-hybridized carbons (Fsp3) is 0.400. The summed E-state index contributed by atoms with van der Waals surface area (Å²) in [6, 6.07) is 11.3. The molecular formula is C15H18N2. The Morgan fingerprint density at radius 3 is 2.94 bits per heavy atom. The molecule has 1 aliphatic carbocycles. The Balaban J connectivity index is 1.73. The van der Waals surface area contributed by atoms with Gasteiger partial charge in [0, 0.05) is 24.2 Å². The topological polar surface area (TPSA) is 24.9 Å². The fourth-order valence-electron chi connectivity index (χ4n) is 2.29. The molecule has 1 unspecified atom stereocenters. The van der Waals surface area contributed by atoms with Gasteiger partial charge in [0.1, 0.15) is 0 Å². The number of hydrogen-bond acceptors (Lipinski definition) is 2. The third-order valence-corrected chi connectivity index (χ3v) is 3.73. The fourth-order valence-corrected chi connectivity index (χ4v) is 2.29. The lowest BCUT2D eigenvalue weighted by Gasteiger charge is -2.07. The van der Waals surface area contributed by atoms with Gasteiger partial charge in [-0.25, -0.2) is 0 Å². The third-order valence-electron chi connectivity index (χ3n) is 3.73. The Hall–Kier alpha value is -1.41. The highest BCUT2D eigenvalue weighted by Gasteiger charge is 2.44. The van der Waals surface area contributed by atoms with Crippen molar-refractivity contribution in [1.29, 1.82) is 0 Å². The summed E-state index contributed by atoms with van der Waals surface area (Å²) in [6.45, 7) is 5.59. The van der Waals surface area contributed by atoms with Crippen LogP contribution in [0.1, 0.15) is 25.8 Å². The number of hydrogen-bond donors (Lipinski definition) is 1. The molecule has 2 aromatic rings. The van der Waals surface area contributed by atoms with Crippen molar-refractivity contribution in [2.24, 2.45) is 5.41 Å². The summed E-state index contributed by atoms with van der Waals surface area (Å²) in [4.78, 5) is 4.33. The lowest BCUT2D eigenvalue weighted by atomic mass is 10.1. The number of rotatable bonds is 3. The highest BCUT2D eigenvalue weighted by Crippen LogP contribution is 2.44. The van der Waals surface area contributed by atoms with E-state index in [1.165, 1.54) is 17.4 Å². The maximum atomic E-state index is 4.33. The van der Waals surface area contributed by atoms with Gasteiger partial charge in [0.25, 0.3) is 0 Å². The molecule has 0 amide bonds. The third kappa shape index (κ3) is 2.18. The molecule has 0 bridgehead atoms. The van der Waals surface area contributed by atoms with E-state index in [-0.39, 0.29) is 0 Å². The van der Waals surface area contributed by atoms with E-state index < -0.39 is 0 Å². The molecule has 0 radical (unpaired) electrons. The summed E-state index contributed by atoms with van der Waals surface area (Å²) in [6.07, 6.45) is 3.13. The van der Waals surface area contributed by atoms with Crippen molar-refractivity contribution >= 4 is 10.9 Å². The van der Waals surface area contributed by atoms with E-state index in [9.17, 15) is 0 Å². The summed E-state index contributed by atoms with van der Waals surface area (Å²) >= 11 is 0. The second kappa shape index (κ2) is 3.81. The summed E-state index contributed by atoms with van der Waals surface area (Å²) in [5.41, 5.74) is 2.91. The lowest BCUT2D eigenvalue weighted by molar-refractivity contribution is 0.542. The van der Waals surface area contributed by atoms with Gasteiger partial charge in [-0.3, -0.25) is 4.98 Å². The molecule has 17 heavy (non-hydrogen) atoms. The predicted octanol–water partition coefficient (Wildman–Crippen LogP) is 3.12. The first-order chi connectivity index (χ1) is 8.15. The lowest BCUT2D eigenvalue weighted by Crippen LogP contribution is -2.19. The minimum Gasteiger partial charge on any atom is -0.309 e. The van der Waals surface area contributed by atoms with Gasteiger partial charge in [-0.15, -0.1) is 0 Å². The average Bonchev–Trinajstić information content (AvgIpc) is 2.94. The molecule has 1 N–H and O–H groups in total. The molecule has 0 spiro atoms. The first-order valence-corrected chi connectivity index (χ1v) is 6.22. The number of nitrogens with zero attached hydrogens (tertiary/aromatic N) is 1. The van der Waals surface area contributed by atoms with Gasteiger partial charge in [0.15, 0.2) is 0 Å². The van der Waals surface area contributed by atoms with Gasteiger partial charge in [-0.2, -0.15) is 0 Å². The highest BCUT2D eigenvalue weighted by molar-refractivity contribution is 5.78. The average molecular weight is 226 g/mol. The van der Waals surface area contributed by atoms with Gasteiger partial charge in [0.05, 0.1) is 5.52 Å². The number of nitrogens with one attached hydrogen (secondary N) is 1. The maximum absolute atomic E-state index is 4.33. The van der Waals surface area contributed by atoms with E-state index in [1.807, 2.05) is 12.3 Å². The molecule has 88 valence electrons. The van der Waals surface area contributed by atoms with Crippen molar-refractivity contribution in [1.82, 2.24) is 10.3 Å². The summed E-state index contributed by atoms with van der Waals surface area (Å²) in [7, 11) is 0. The smallest absolute Gasteiger partial charge is 0.0702 e. The standard InChI is InChI=1S/C15H18N2/c1-15(2)9-14(15)17-10-11-5-6-13-12(8-11)4-3-7-16-13/h3-8,14,17H,9-10H2,1-2H3. The van der Waals surface area contributed by atoms with E-state index in [2.05, 4.69) is 48.4 Å². The Labute approximate surface area is 102 Å². The Bertz CT molecular complexity index is 545. The second-order valence-corrected chi connectivity index (χ2v) is 5.66. The van der Waals surface area contributed by atoms with Crippen LogP contribution in [0, 0.1) is 5.41 Å². The van der Waals surface area contributed by atoms with Crippen molar-refractivity contribution in [3.05, 3.63) is 42.1 Å². The monoisotopic (exact) mass is 226 g/mol. The zero-order valence-electron chi connectivity index (χ0n) is 10.4. The van der Waals surface area contributed by atoms with Crippen molar-refractivity contribution in [3.8, 4) is 0 Å². The van der Waals surface area contributed by atoms with E-state index in [0.717, 1.165) is 12.1 Å². The van der Waals surface area contributed by atoms with E-state index >= 15 is 0 Å².